The van der Waals surface area contributed by atoms with E-state index >= 15 is 0 Å². The lowest BCUT2D eigenvalue weighted by atomic mass is 10.1. The molecule has 25 heavy (non-hydrogen) atoms. The Bertz CT molecular complexity index is 859. The van der Waals surface area contributed by atoms with Gasteiger partial charge in [0, 0.05) is 10.9 Å². The Morgan fingerprint density at radius 3 is 2.64 bits per heavy atom. The van der Waals surface area contributed by atoms with Gasteiger partial charge in [-0.1, -0.05) is 11.6 Å². The summed E-state index contributed by atoms with van der Waals surface area (Å²) in [6, 6.07) is 2.75. The predicted octanol–water partition coefficient (Wildman–Crippen LogP) is 3.07. The van der Waals surface area contributed by atoms with Gasteiger partial charge in [-0.3, -0.25) is 0 Å². The van der Waals surface area contributed by atoms with Gasteiger partial charge in [0.15, 0.2) is 23.1 Å². The van der Waals surface area contributed by atoms with Crippen molar-refractivity contribution in [2.45, 2.75) is 0 Å². The molecule has 2 aromatic rings. The van der Waals surface area contributed by atoms with Gasteiger partial charge >= 0.3 is 5.97 Å². The van der Waals surface area contributed by atoms with Crippen molar-refractivity contribution in [2.24, 2.45) is 0 Å². The molecule has 0 saturated carbocycles. The Kier molecular flexibility index (Phi) is 5.86. The van der Waals surface area contributed by atoms with Crippen LogP contribution in [-0.2, 0) is 10.9 Å². The Labute approximate surface area is 151 Å². The molecule has 1 heterocycles. The van der Waals surface area contributed by atoms with Crippen molar-refractivity contribution in [1.82, 2.24) is 9.97 Å². The fourth-order valence-corrected chi connectivity index (χ4v) is 2.66. The van der Waals surface area contributed by atoms with Crippen LogP contribution in [0.25, 0.3) is 17.5 Å². The number of carboxylic acid groups (broad SMARTS) is 1. The highest BCUT2D eigenvalue weighted by atomic mass is 35.5. The Balaban J connectivity index is 2.68. The number of ether oxygens (including phenoxy) is 1. The number of rotatable bonds is 5. The van der Waals surface area contributed by atoms with Crippen LogP contribution in [0.3, 0.4) is 0 Å². The first-order valence-corrected chi connectivity index (χ1v) is 9.42. The molecule has 132 valence electrons. The van der Waals surface area contributed by atoms with E-state index in [9.17, 15) is 14.3 Å². The lowest BCUT2D eigenvalue weighted by Gasteiger charge is -2.11. The van der Waals surface area contributed by atoms with E-state index in [0.717, 1.165) is 0 Å². The van der Waals surface area contributed by atoms with Crippen LogP contribution >= 0.6 is 11.6 Å². The third-order valence-corrected chi connectivity index (χ3v) is 4.16. The summed E-state index contributed by atoms with van der Waals surface area (Å²) in [6.45, 7) is 0. The summed E-state index contributed by atoms with van der Waals surface area (Å²) in [5.74, 6) is -2.48. The molecule has 1 aromatic heterocycles. The van der Waals surface area contributed by atoms with Gasteiger partial charge in [0.1, 0.15) is 23.7 Å². The second-order valence-electron chi connectivity index (χ2n) is 5.12. The second-order valence-corrected chi connectivity index (χ2v) is 7.56. The molecule has 0 aliphatic rings. The van der Waals surface area contributed by atoms with Crippen LogP contribution in [0.1, 0.15) is 16.1 Å². The van der Waals surface area contributed by atoms with Crippen molar-refractivity contribution in [1.29, 1.82) is 0 Å². The van der Waals surface area contributed by atoms with Crippen molar-refractivity contribution < 1.29 is 19.0 Å². The molecule has 0 atom stereocenters. The fourth-order valence-electron chi connectivity index (χ4n) is 2.03. The van der Waals surface area contributed by atoms with Crippen LogP contribution in [0.4, 0.5) is 10.2 Å². The minimum absolute atomic E-state index is 0.0579. The molecule has 0 aliphatic carbocycles. The van der Waals surface area contributed by atoms with Crippen LogP contribution in [0.2, 0.25) is 5.02 Å². The zero-order valence-electron chi connectivity index (χ0n) is 13.7. The predicted molar refractivity (Wildman–Crippen MR) is 98.6 cm³/mol. The van der Waals surface area contributed by atoms with Gasteiger partial charge < -0.3 is 15.6 Å². The lowest BCUT2D eigenvalue weighted by Crippen LogP contribution is -2.11. The van der Waals surface area contributed by atoms with Crippen LogP contribution in [0.15, 0.2) is 17.5 Å². The number of aromatic carboxylic acids is 1. The summed E-state index contributed by atoms with van der Waals surface area (Å²) in [6.07, 6.45) is 5.47. The summed E-state index contributed by atoms with van der Waals surface area (Å²) in [5, 5.41) is 11.3. The molecule has 0 amide bonds. The molecule has 0 unspecified atom stereocenters. The number of carboxylic acids is 1. The molecular weight excluding hydrogens is 369 g/mol. The number of hydrogen-bond donors (Lipinski definition) is 2. The Hall–Kier alpha value is -2.32. The van der Waals surface area contributed by atoms with Crippen molar-refractivity contribution in [3.05, 3.63) is 39.6 Å². The molecule has 2 rings (SSSR count). The maximum Gasteiger partial charge on any atom is 0.355 e. The Morgan fingerprint density at radius 1 is 1.40 bits per heavy atom. The number of halogens is 2. The van der Waals surface area contributed by atoms with Gasteiger partial charge in [-0.25, -0.2) is 19.2 Å². The second kappa shape index (κ2) is 7.71. The van der Waals surface area contributed by atoms with Gasteiger partial charge in [0.2, 0.25) is 0 Å². The lowest BCUT2D eigenvalue weighted by molar-refractivity contribution is 0.0690. The average Bonchev–Trinajstić information content (AvgIpc) is 2.53. The van der Waals surface area contributed by atoms with Crippen molar-refractivity contribution in [3.8, 4) is 17.1 Å². The maximum atomic E-state index is 14.5. The quantitative estimate of drug-likeness (QED) is 0.769. The normalized spacial score (nSPS) is 11.3. The average molecular weight is 385 g/mol. The standard InChI is InChI=1S/C16H15ClFN3O3S/c1-24-13-10(17)5-4-8(11(13)18)15-20-12(16(22)23)9(14(19)21-15)6-7-25(2)3/h4-7H,1-3H3,(H2-,19,20,21,22,23)/p+1/b7-6+. The summed E-state index contributed by atoms with van der Waals surface area (Å²) < 4.78 is 19.5. The molecule has 0 saturated heterocycles. The van der Waals surface area contributed by atoms with Crippen LogP contribution < -0.4 is 10.5 Å². The minimum Gasteiger partial charge on any atom is -0.492 e. The van der Waals surface area contributed by atoms with Gasteiger partial charge in [0.25, 0.3) is 0 Å². The van der Waals surface area contributed by atoms with Gasteiger partial charge in [0.05, 0.1) is 23.3 Å². The van der Waals surface area contributed by atoms with E-state index in [4.69, 9.17) is 22.1 Å². The molecule has 0 radical (unpaired) electrons. The summed E-state index contributed by atoms with van der Waals surface area (Å²) in [4.78, 5) is 19.6. The largest absolute Gasteiger partial charge is 0.492 e. The number of nitrogens with zero attached hydrogens (tertiary/aromatic N) is 2. The van der Waals surface area contributed by atoms with Gasteiger partial charge in [-0.2, -0.15) is 0 Å². The number of anilines is 1. The SMILES string of the molecule is COc1c(Cl)ccc(-c2nc(N)c(/C=C/[S+](C)C)c(C(=O)O)n2)c1F. The summed E-state index contributed by atoms with van der Waals surface area (Å²) in [7, 11) is 1.20. The molecule has 3 N–H and O–H groups in total. The van der Waals surface area contributed by atoms with Crippen LogP contribution in [-0.4, -0.2) is 40.7 Å². The van der Waals surface area contributed by atoms with Crippen molar-refractivity contribution in [2.75, 3.05) is 25.4 Å². The molecule has 6 nitrogen and oxygen atoms in total. The monoisotopic (exact) mass is 384 g/mol. The van der Waals surface area contributed by atoms with Crippen molar-refractivity contribution in [3.63, 3.8) is 0 Å². The molecule has 0 aliphatic heterocycles. The summed E-state index contributed by atoms with van der Waals surface area (Å²) >= 11 is 5.87. The minimum atomic E-state index is -1.29. The number of benzene rings is 1. The zero-order valence-corrected chi connectivity index (χ0v) is 15.3. The summed E-state index contributed by atoms with van der Waals surface area (Å²) in [5.41, 5.74) is 5.70. The Morgan fingerprint density at radius 2 is 2.08 bits per heavy atom. The number of carbonyl (C=O) groups is 1. The third-order valence-electron chi connectivity index (χ3n) is 3.18. The molecule has 1 aromatic carbocycles. The highest BCUT2D eigenvalue weighted by Crippen LogP contribution is 2.34. The molecule has 0 fully saturated rings. The maximum absolute atomic E-state index is 14.5. The molecular formula is C16H16ClFN3O3S+. The number of methoxy groups -OCH3 is 1. The first-order chi connectivity index (χ1) is 11.8. The van der Waals surface area contributed by atoms with Crippen LogP contribution in [0.5, 0.6) is 5.75 Å². The first kappa shape index (κ1) is 19.0. The molecule has 0 bridgehead atoms. The van der Waals surface area contributed by atoms with E-state index in [1.807, 2.05) is 12.5 Å². The smallest absolute Gasteiger partial charge is 0.355 e. The molecule has 0 spiro atoms. The molecule has 9 heteroatoms. The topological polar surface area (TPSA) is 98.3 Å². The van der Waals surface area contributed by atoms with Crippen molar-refractivity contribution >= 4 is 40.4 Å². The van der Waals surface area contributed by atoms with Gasteiger partial charge in [-0.15, -0.1) is 0 Å². The fraction of sp³-hybridized carbons (Fsp3) is 0.188. The van der Waals surface area contributed by atoms with E-state index in [2.05, 4.69) is 9.97 Å². The van der Waals surface area contributed by atoms with Gasteiger partial charge in [-0.05, 0) is 18.2 Å². The van der Waals surface area contributed by atoms with E-state index < -0.39 is 11.8 Å². The highest BCUT2D eigenvalue weighted by molar-refractivity contribution is 7.98. The zero-order chi connectivity index (χ0) is 18.7. The van der Waals surface area contributed by atoms with Crippen LogP contribution in [0, 0.1) is 5.82 Å². The van der Waals surface area contributed by atoms with E-state index in [1.54, 1.807) is 11.5 Å². The van der Waals surface area contributed by atoms with E-state index in [1.165, 1.54) is 19.2 Å². The van der Waals surface area contributed by atoms with E-state index in [0.29, 0.717) is 0 Å². The number of nitrogen functional groups attached to an aromatic ring is 1. The van der Waals surface area contributed by atoms with E-state index in [-0.39, 0.29) is 50.1 Å². The first-order valence-electron chi connectivity index (χ1n) is 6.94. The highest BCUT2D eigenvalue weighted by Gasteiger charge is 2.22. The third kappa shape index (κ3) is 4.02. The number of hydrogen-bond acceptors (Lipinski definition) is 5. The number of aromatic nitrogens is 2. The number of nitrogens with two attached hydrogens (primary N) is 1.